The summed E-state index contributed by atoms with van der Waals surface area (Å²) >= 11 is 6.25. The number of carbonyl (C=O) groups is 3. The Balaban J connectivity index is 0.000000197. The third kappa shape index (κ3) is 14.5. The number of hydrogen-bond donors (Lipinski definition) is 5. The molecule has 288 valence electrons. The number of fused-ring (bicyclic) bond motifs is 1. The van der Waals surface area contributed by atoms with Gasteiger partial charge < -0.3 is 21.6 Å². The predicted molar refractivity (Wildman–Crippen MR) is 207 cm³/mol. The molecule has 7 aromatic heterocycles. The number of imidazole rings is 2. The number of H-pyrrole nitrogens is 1. The van der Waals surface area contributed by atoms with Crippen molar-refractivity contribution in [3.05, 3.63) is 124 Å². The Bertz CT molecular complexity index is 2330. The van der Waals surface area contributed by atoms with Gasteiger partial charge >= 0.3 is 11.7 Å². The zero-order valence-corrected chi connectivity index (χ0v) is 31.9. The minimum atomic E-state index is -0.770. The molecule has 0 aliphatic carbocycles. The number of nitrogens with two attached hydrogens (primary N) is 2. The number of carboxylic acids is 1. The number of hydrogen-bond acceptors (Lipinski definition) is 18. The van der Waals surface area contributed by atoms with Crippen molar-refractivity contribution in [3.8, 4) is 0 Å². The van der Waals surface area contributed by atoms with Gasteiger partial charge in [-0.3, -0.25) is 14.4 Å². The summed E-state index contributed by atoms with van der Waals surface area (Å²) in [7, 11) is 0. The highest BCUT2D eigenvalue weighted by molar-refractivity contribution is 7.08. The van der Waals surface area contributed by atoms with Gasteiger partial charge in [0.2, 0.25) is 18.0 Å². The summed E-state index contributed by atoms with van der Waals surface area (Å²) in [5.41, 5.74) is 20.2. The molecular weight excluding hydrogens is 807 g/mol. The van der Waals surface area contributed by atoms with Gasteiger partial charge in [0.25, 0.3) is 11.8 Å². The average molecular weight is 836 g/mol. The van der Waals surface area contributed by atoms with Gasteiger partial charge in [-0.2, -0.15) is 50.0 Å². The number of nitrogens with zero attached hydrogens (tertiary/aromatic N) is 9. The summed E-state index contributed by atoms with van der Waals surface area (Å²) in [6.45, 7) is 1.25. The third-order valence-corrected chi connectivity index (χ3v) is 9.21. The summed E-state index contributed by atoms with van der Waals surface area (Å²) in [5, 5.41) is 34.2. The molecule has 0 aromatic carbocycles. The number of nitrogens with one attached hydrogen (secondary N) is 2. The molecule has 20 nitrogen and oxygen atoms in total. The van der Waals surface area contributed by atoms with Gasteiger partial charge in [0.05, 0.1) is 32.4 Å². The van der Waals surface area contributed by atoms with Crippen LogP contribution in [0.25, 0.3) is 5.65 Å². The van der Waals surface area contributed by atoms with E-state index in [1.807, 2.05) is 67.3 Å². The van der Waals surface area contributed by atoms with Crippen LogP contribution < -0.4 is 17.2 Å². The summed E-state index contributed by atoms with van der Waals surface area (Å²) < 4.78 is 2.35. The molecule has 0 aliphatic rings. The monoisotopic (exact) mass is 835 g/mol. The number of primary amides is 2. The van der Waals surface area contributed by atoms with Crippen molar-refractivity contribution in [2.75, 3.05) is 0 Å². The van der Waals surface area contributed by atoms with Crippen LogP contribution in [0.3, 0.4) is 0 Å². The van der Waals surface area contributed by atoms with Gasteiger partial charge in [0, 0.05) is 0 Å². The first-order chi connectivity index (χ1) is 27.1. The third-order valence-electron chi connectivity index (χ3n) is 6.28. The maximum atomic E-state index is 12.1. The number of aliphatic imine (C=N–C) groups is 2. The number of carbonyl (C=O) groups excluding carboxylic acids is 4. The fraction of sp³-hybridized carbons (Fsp3) is 0.125. The molecular formula is C32H29N13O7S4. The number of carboxylic acid groups (broad SMARTS) is 1. The molecule has 0 fully saturated rings. The maximum Gasteiger partial charge on any atom is 0.353 e. The Kier molecular flexibility index (Phi) is 18.4. The number of amides is 2. The minimum absolute atomic E-state index is 0.0208. The summed E-state index contributed by atoms with van der Waals surface area (Å²) in [5.74, 6) is -2.16. The van der Waals surface area contributed by atoms with Gasteiger partial charge in [-0.15, -0.1) is 10.2 Å². The van der Waals surface area contributed by atoms with E-state index in [4.69, 9.17) is 22.1 Å². The van der Waals surface area contributed by atoms with Crippen LogP contribution in [0.5, 0.6) is 0 Å². The highest BCUT2D eigenvalue weighted by atomic mass is 32.1. The number of aliphatic carboxylic acids is 1. The van der Waals surface area contributed by atoms with E-state index in [-0.39, 0.29) is 29.3 Å². The molecule has 0 saturated heterocycles. The number of aromatic amines is 1. The summed E-state index contributed by atoms with van der Waals surface area (Å²) in [4.78, 5) is 79.6. The first-order valence-electron chi connectivity index (χ1n) is 15.2. The van der Waals surface area contributed by atoms with Crippen molar-refractivity contribution >= 4 is 86.8 Å². The van der Waals surface area contributed by atoms with E-state index in [1.54, 1.807) is 22.7 Å². The van der Waals surface area contributed by atoms with Crippen LogP contribution in [-0.2, 0) is 40.4 Å². The molecule has 56 heavy (non-hydrogen) atoms. The molecule has 0 saturated carbocycles. The molecule has 7 heterocycles. The second kappa shape index (κ2) is 23.7. The largest absolute Gasteiger partial charge is 0.481 e. The fourth-order valence-electron chi connectivity index (χ4n) is 3.80. The molecule has 7 rings (SSSR count). The lowest BCUT2D eigenvalue weighted by atomic mass is 10.2. The van der Waals surface area contributed by atoms with E-state index in [0.29, 0.717) is 19.6 Å². The Morgan fingerprint density at radius 2 is 1.36 bits per heavy atom. The minimum Gasteiger partial charge on any atom is -0.481 e. The van der Waals surface area contributed by atoms with Gasteiger partial charge in [0.15, 0.2) is 17.0 Å². The van der Waals surface area contributed by atoms with Gasteiger partial charge in [-0.25, -0.2) is 44.3 Å². The molecule has 7 aromatic rings. The van der Waals surface area contributed by atoms with E-state index in [1.165, 1.54) is 52.2 Å². The van der Waals surface area contributed by atoms with Crippen LogP contribution in [0.4, 0.5) is 5.82 Å². The zero-order valence-electron chi connectivity index (χ0n) is 28.6. The fourth-order valence-corrected chi connectivity index (χ4v) is 6.45. The zero-order chi connectivity index (χ0) is 40.7. The van der Waals surface area contributed by atoms with E-state index < -0.39 is 23.5 Å². The summed E-state index contributed by atoms with van der Waals surface area (Å²) in [6, 6.07) is 7.58. The molecule has 2 amide bonds. The second-order valence-electron chi connectivity index (χ2n) is 10.2. The van der Waals surface area contributed by atoms with Crippen LogP contribution in [0.2, 0.25) is 0 Å². The smallest absolute Gasteiger partial charge is 0.353 e. The normalized spacial score (nSPS) is 9.57. The standard InChI is InChI=1S/C10H8N6O2S.2C6H5NOS.C6H6O2S.C4H5N5O/c11-8(17)7-9-13-14-16(3-6-1-2-19-4-6)10(18)15(9)5-12-7;2*8-5-7-3-6-1-2-9-4-6;7-6(8)3-5-1-2-9-4-5;5-3(10)2-4(9-6)8-1-7-2/h1-2,4-5H,3H2,(H2,11,17);2*1-2,4H,3H2;1-2,4H,3H2,(H,7,8);1,6H,(H2,5,10)(H,7,8). The van der Waals surface area contributed by atoms with Gasteiger partial charge in [0.1, 0.15) is 6.33 Å². The van der Waals surface area contributed by atoms with Crippen molar-refractivity contribution in [2.45, 2.75) is 26.1 Å². The summed E-state index contributed by atoms with van der Waals surface area (Å²) in [6.07, 6.45) is 5.59. The Labute approximate surface area is 331 Å². The first kappa shape index (κ1) is 43.5. The van der Waals surface area contributed by atoms with E-state index >= 15 is 0 Å². The quantitative estimate of drug-likeness (QED) is 0.0698. The van der Waals surface area contributed by atoms with Crippen LogP contribution >= 0.6 is 45.3 Å². The lowest BCUT2D eigenvalue weighted by Crippen LogP contribution is -2.30. The molecule has 0 aliphatic heterocycles. The lowest BCUT2D eigenvalue weighted by Gasteiger charge is -2.01. The van der Waals surface area contributed by atoms with E-state index in [9.17, 15) is 28.8 Å². The number of isocyanates is 2. The average Bonchev–Trinajstić information content (AvgIpc) is 4.04. The SMILES string of the molecule is N=Nc1nc[nH]c1C(N)=O.NC(=O)c1ncn2c(=O)n(Cc3ccsc3)nnc12.O=C(O)Cc1ccsc1.O=C=NCc1ccsc1.O=C=NCc1ccsc1. The van der Waals surface area contributed by atoms with Crippen molar-refractivity contribution in [1.82, 2.24) is 34.3 Å². The van der Waals surface area contributed by atoms with Crippen molar-refractivity contribution in [1.29, 1.82) is 5.53 Å². The van der Waals surface area contributed by atoms with Crippen LogP contribution in [-0.4, -0.2) is 69.4 Å². The Morgan fingerprint density at radius 3 is 1.79 bits per heavy atom. The number of thiophene rings is 4. The highest BCUT2D eigenvalue weighted by Gasteiger charge is 2.15. The molecule has 24 heteroatoms. The Morgan fingerprint density at radius 1 is 0.821 bits per heavy atom. The molecule has 0 spiro atoms. The number of rotatable bonds is 11. The molecule has 0 unspecified atom stereocenters. The second-order valence-corrected chi connectivity index (χ2v) is 13.3. The molecule has 0 bridgehead atoms. The van der Waals surface area contributed by atoms with Crippen molar-refractivity contribution in [2.24, 2.45) is 26.6 Å². The molecule has 7 N–H and O–H groups in total. The van der Waals surface area contributed by atoms with Crippen LogP contribution in [0.1, 0.15) is 43.2 Å². The Hall–Kier alpha value is -6.94. The van der Waals surface area contributed by atoms with Crippen molar-refractivity contribution in [3.63, 3.8) is 0 Å². The van der Waals surface area contributed by atoms with Crippen LogP contribution in [0.15, 0.2) is 99.9 Å². The van der Waals surface area contributed by atoms with Crippen molar-refractivity contribution < 1.29 is 29.1 Å². The maximum absolute atomic E-state index is 12.1. The predicted octanol–water partition coefficient (Wildman–Crippen LogP) is 4.21. The van der Waals surface area contributed by atoms with Gasteiger partial charge in [-0.1, -0.05) is 5.21 Å². The molecule has 0 radical (unpaired) electrons. The first-order valence-corrected chi connectivity index (χ1v) is 19.0. The topological polar surface area (TPSA) is 312 Å². The van der Waals surface area contributed by atoms with E-state index in [0.717, 1.165) is 26.7 Å². The van der Waals surface area contributed by atoms with Gasteiger partial charge in [-0.05, 0) is 89.6 Å². The molecule has 0 atom stereocenters. The highest BCUT2D eigenvalue weighted by Crippen LogP contribution is 2.11. The van der Waals surface area contributed by atoms with E-state index in [2.05, 4.69) is 40.4 Å². The van der Waals surface area contributed by atoms with Crippen LogP contribution in [0, 0.1) is 5.53 Å². The number of aromatic nitrogens is 7. The lowest BCUT2D eigenvalue weighted by molar-refractivity contribution is -0.136.